The first-order valence-corrected chi connectivity index (χ1v) is 8.43. The second kappa shape index (κ2) is 6.60. The average molecular weight is 345 g/mol. The van der Waals surface area contributed by atoms with Gasteiger partial charge >= 0.3 is 0 Å². The third-order valence-electron chi connectivity index (χ3n) is 2.70. The van der Waals surface area contributed by atoms with E-state index < -0.39 is 15.7 Å². The Kier molecular flexibility index (Phi) is 5.04. The highest BCUT2D eigenvalue weighted by Crippen LogP contribution is 2.22. The molecule has 21 heavy (non-hydrogen) atoms. The van der Waals surface area contributed by atoms with Crippen molar-refractivity contribution in [3.05, 3.63) is 74.9 Å². The maximum absolute atomic E-state index is 12.8. The number of rotatable bonds is 4. The summed E-state index contributed by atoms with van der Waals surface area (Å²) in [5.74, 6) is -0.603. The zero-order valence-electron chi connectivity index (χ0n) is 10.8. The Morgan fingerprint density at radius 2 is 1.71 bits per heavy atom. The molecule has 0 saturated heterocycles. The lowest BCUT2D eigenvalue weighted by atomic mass is 10.2. The van der Waals surface area contributed by atoms with Gasteiger partial charge in [-0.15, -0.1) is 0 Å². The molecule has 2 nitrogen and oxygen atoms in total. The molecule has 2 aromatic rings. The van der Waals surface area contributed by atoms with Crippen molar-refractivity contribution in [3.63, 3.8) is 0 Å². The van der Waals surface area contributed by atoms with Crippen molar-refractivity contribution in [2.75, 3.05) is 0 Å². The highest BCUT2D eigenvalue weighted by Gasteiger charge is 2.08. The molecule has 0 unspecified atom stereocenters. The first kappa shape index (κ1) is 16.0. The van der Waals surface area contributed by atoms with Crippen molar-refractivity contribution in [2.45, 2.75) is 5.75 Å². The molecule has 2 rings (SSSR count). The second-order valence-electron chi connectivity index (χ2n) is 4.40. The van der Waals surface area contributed by atoms with Crippen LogP contribution in [0, 0.1) is 5.82 Å². The van der Waals surface area contributed by atoms with Crippen LogP contribution >= 0.6 is 23.2 Å². The molecule has 0 aliphatic heterocycles. The van der Waals surface area contributed by atoms with E-state index in [-0.39, 0.29) is 5.75 Å². The molecule has 0 aliphatic carbocycles. The predicted octanol–water partition coefficient (Wildman–Crippen LogP) is 4.72. The molecular weight excluding hydrogens is 334 g/mol. The standard InChI is InChI=1S/C15H11Cl2FO2S/c16-13-4-3-12(15(17)9-13)7-8-21(19,20)10-11-1-5-14(18)6-2-11/h1-9H,10H2/b8-7+. The van der Waals surface area contributed by atoms with Gasteiger partial charge in [-0.05, 0) is 41.5 Å². The van der Waals surface area contributed by atoms with Crippen LogP contribution in [0.25, 0.3) is 6.08 Å². The minimum atomic E-state index is -3.47. The highest BCUT2D eigenvalue weighted by atomic mass is 35.5. The first-order chi connectivity index (χ1) is 9.85. The molecule has 0 fully saturated rings. The summed E-state index contributed by atoms with van der Waals surface area (Å²) in [6.45, 7) is 0. The van der Waals surface area contributed by atoms with E-state index >= 15 is 0 Å². The van der Waals surface area contributed by atoms with Gasteiger partial charge in [-0.25, -0.2) is 12.8 Å². The Bertz CT molecular complexity index is 769. The van der Waals surface area contributed by atoms with Crippen LogP contribution in [0.1, 0.15) is 11.1 Å². The van der Waals surface area contributed by atoms with E-state index in [1.165, 1.54) is 36.4 Å². The summed E-state index contributed by atoms with van der Waals surface area (Å²) in [5.41, 5.74) is 1.08. The van der Waals surface area contributed by atoms with E-state index in [0.717, 1.165) is 5.41 Å². The van der Waals surface area contributed by atoms with Crippen molar-refractivity contribution in [1.82, 2.24) is 0 Å². The van der Waals surface area contributed by atoms with E-state index in [1.807, 2.05) is 0 Å². The number of benzene rings is 2. The van der Waals surface area contributed by atoms with Gasteiger partial charge in [0.2, 0.25) is 0 Å². The highest BCUT2D eigenvalue weighted by molar-refractivity contribution is 7.93. The molecule has 0 bridgehead atoms. The third-order valence-corrected chi connectivity index (χ3v) is 4.55. The molecule has 0 radical (unpaired) electrons. The minimum absolute atomic E-state index is 0.199. The van der Waals surface area contributed by atoms with E-state index in [9.17, 15) is 12.8 Å². The van der Waals surface area contributed by atoms with Gasteiger partial charge in [0.05, 0.1) is 5.75 Å². The van der Waals surface area contributed by atoms with Gasteiger partial charge in [-0.2, -0.15) is 0 Å². The fraction of sp³-hybridized carbons (Fsp3) is 0.0667. The maximum Gasteiger partial charge on any atom is 0.175 e. The molecule has 0 spiro atoms. The van der Waals surface area contributed by atoms with Crippen LogP contribution in [0.15, 0.2) is 47.9 Å². The number of hydrogen-bond acceptors (Lipinski definition) is 2. The van der Waals surface area contributed by atoms with E-state index in [4.69, 9.17) is 23.2 Å². The molecule has 0 aliphatic rings. The van der Waals surface area contributed by atoms with Crippen LogP contribution in [0.4, 0.5) is 4.39 Å². The Labute approximate surface area is 132 Å². The lowest BCUT2D eigenvalue weighted by Gasteiger charge is -2.01. The predicted molar refractivity (Wildman–Crippen MR) is 84.5 cm³/mol. The lowest BCUT2D eigenvalue weighted by molar-refractivity contribution is 0.603. The van der Waals surface area contributed by atoms with Gasteiger partial charge in [0.25, 0.3) is 0 Å². The fourth-order valence-electron chi connectivity index (χ4n) is 1.67. The fourth-order valence-corrected chi connectivity index (χ4v) is 3.25. The van der Waals surface area contributed by atoms with Crippen molar-refractivity contribution in [2.24, 2.45) is 0 Å². The average Bonchev–Trinajstić information content (AvgIpc) is 2.40. The third kappa shape index (κ3) is 4.84. The number of sulfone groups is 1. The van der Waals surface area contributed by atoms with Gasteiger partial charge in [0.1, 0.15) is 5.82 Å². The summed E-state index contributed by atoms with van der Waals surface area (Å²) in [7, 11) is -3.47. The normalized spacial score (nSPS) is 12.0. The summed E-state index contributed by atoms with van der Waals surface area (Å²) in [5, 5.41) is 1.94. The minimum Gasteiger partial charge on any atom is -0.224 e. The molecule has 0 atom stereocenters. The topological polar surface area (TPSA) is 34.1 Å². The quantitative estimate of drug-likeness (QED) is 0.804. The number of hydrogen-bond donors (Lipinski definition) is 0. The largest absolute Gasteiger partial charge is 0.224 e. The van der Waals surface area contributed by atoms with Gasteiger partial charge in [0.15, 0.2) is 9.84 Å². The van der Waals surface area contributed by atoms with E-state index in [2.05, 4.69) is 0 Å². The van der Waals surface area contributed by atoms with Crippen molar-refractivity contribution in [1.29, 1.82) is 0 Å². The Balaban J connectivity index is 2.16. The first-order valence-electron chi connectivity index (χ1n) is 5.96. The molecule has 0 N–H and O–H groups in total. The Morgan fingerprint density at radius 3 is 2.33 bits per heavy atom. The van der Waals surface area contributed by atoms with E-state index in [1.54, 1.807) is 12.1 Å². The smallest absolute Gasteiger partial charge is 0.175 e. The summed E-state index contributed by atoms with van der Waals surface area (Å²) in [6, 6.07) is 10.1. The van der Waals surface area contributed by atoms with E-state index in [0.29, 0.717) is 21.2 Å². The summed E-state index contributed by atoms with van der Waals surface area (Å²) in [4.78, 5) is 0. The molecule has 110 valence electrons. The summed E-state index contributed by atoms with van der Waals surface area (Å²) < 4.78 is 36.8. The zero-order valence-corrected chi connectivity index (χ0v) is 13.1. The molecule has 2 aromatic carbocycles. The zero-order chi connectivity index (χ0) is 15.5. The molecule has 0 heterocycles. The summed E-state index contributed by atoms with van der Waals surface area (Å²) >= 11 is 11.7. The Morgan fingerprint density at radius 1 is 1.05 bits per heavy atom. The lowest BCUT2D eigenvalue weighted by Crippen LogP contribution is -2.00. The Hall–Kier alpha value is -1.36. The van der Waals surface area contributed by atoms with Crippen molar-refractivity contribution >= 4 is 39.1 Å². The molecule has 0 amide bonds. The molecule has 0 aromatic heterocycles. The van der Waals surface area contributed by atoms with Crippen LogP contribution in [0.5, 0.6) is 0 Å². The van der Waals surface area contributed by atoms with Crippen LogP contribution in [-0.2, 0) is 15.6 Å². The van der Waals surface area contributed by atoms with Crippen LogP contribution in [0.2, 0.25) is 10.0 Å². The van der Waals surface area contributed by atoms with Gasteiger partial charge in [-0.1, -0.05) is 41.4 Å². The van der Waals surface area contributed by atoms with Gasteiger partial charge in [-0.3, -0.25) is 0 Å². The SMILES string of the molecule is O=S(=O)(/C=C/c1ccc(Cl)cc1Cl)Cc1ccc(F)cc1. The number of halogens is 3. The van der Waals surface area contributed by atoms with Crippen molar-refractivity contribution < 1.29 is 12.8 Å². The second-order valence-corrected chi connectivity index (χ2v) is 7.13. The van der Waals surface area contributed by atoms with Crippen molar-refractivity contribution in [3.8, 4) is 0 Å². The van der Waals surface area contributed by atoms with Crippen LogP contribution < -0.4 is 0 Å². The molecular formula is C15H11Cl2FO2S. The molecule has 6 heteroatoms. The monoisotopic (exact) mass is 344 g/mol. The van der Waals surface area contributed by atoms with Crippen LogP contribution in [0.3, 0.4) is 0 Å². The summed E-state index contributed by atoms with van der Waals surface area (Å²) in [6.07, 6.45) is 1.41. The maximum atomic E-state index is 12.8. The van der Waals surface area contributed by atoms with Crippen LogP contribution in [-0.4, -0.2) is 8.42 Å². The van der Waals surface area contributed by atoms with Gasteiger partial charge in [0, 0.05) is 15.5 Å². The van der Waals surface area contributed by atoms with Gasteiger partial charge < -0.3 is 0 Å². The molecule has 0 saturated carbocycles.